The maximum absolute atomic E-state index is 13.0. The van der Waals surface area contributed by atoms with Crippen molar-refractivity contribution < 1.29 is 26.2 Å². The Morgan fingerprint density at radius 2 is 1.46 bits per heavy atom. The molecule has 154 valence electrons. The van der Waals surface area contributed by atoms with Crippen LogP contribution in [0.1, 0.15) is 46.1 Å². The van der Waals surface area contributed by atoms with Crippen molar-refractivity contribution in [1.82, 2.24) is 5.16 Å². The summed E-state index contributed by atoms with van der Waals surface area (Å²) in [4.78, 5) is 12.7. The molecule has 1 heterocycles. The van der Waals surface area contributed by atoms with Gasteiger partial charge >= 0.3 is 0 Å². The second-order valence-corrected chi connectivity index (χ2v) is 12.8. The standard InChI is InChI=1S/C19H25NO6S2/c1-18(2,3)17-12-13(20-26-17)11-16(21)19(4,5)28(24,25)15-9-7-14(8-10-15)27(6,22)23/h7-10,12H,11H2,1-6H3. The van der Waals surface area contributed by atoms with Crippen LogP contribution in [-0.4, -0.2) is 38.8 Å². The summed E-state index contributed by atoms with van der Waals surface area (Å²) in [7, 11) is -7.49. The summed E-state index contributed by atoms with van der Waals surface area (Å²) in [6.07, 6.45) is 0.848. The van der Waals surface area contributed by atoms with Crippen LogP contribution in [0.5, 0.6) is 0 Å². The topological polar surface area (TPSA) is 111 Å². The summed E-state index contributed by atoms with van der Waals surface area (Å²) >= 11 is 0. The predicted octanol–water partition coefficient (Wildman–Crippen LogP) is 2.74. The van der Waals surface area contributed by atoms with E-state index in [1.807, 2.05) is 20.8 Å². The lowest BCUT2D eigenvalue weighted by atomic mass is 9.92. The number of hydrogen-bond acceptors (Lipinski definition) is 7. The molecule has 0 aliphatic rings. The largest absolute Gasteiger partial charge is 0.361 e. The van der Waals surface area contributed by atoms with Crippen molar-refractivity contribution in [2.45, 2.75) is 61.0 Å². The van der Waals surface area contributed by atoms with E-state index in [1.165, 1.54) is 38.1 Å². The average molecular weight is 428 g/mol. The van der Waals surface area contributed by atoms with E-state index < -0.39 is 30.2 Å². The number of Topliss-reactive ketones (excluding diaryl/α,β-unsaturated/α-hetero) is 1. The molecule has 0 aliphatic carbocycles. The van der Waals surface area contributed by atoms with Crippen LogP contribution in [0.15, 0.2) is 44.6 Å². The molecule has 2 rings (SSSR count). The molecule has 1 aromatic carbocycles. The number of ketones is 1. The summed E-state index contributed by atoms with van der Waals surface area (Å²) in [6.45, 7) is 8.48. The van der Waals surface area contributed by atoms with Crippen molar-refractivity contribution in [2.24, 2.45) is 0 Å². The highest BCUT2D eigenvalue weighted by molar-refractivity contribution is 7.93. The third kappa shape index (κ3) is 4.35. The van der Waals surface area contributed by atoms with Gasteiger partial charge in [-0.25, -0.2) is 16.8 Å². The molecular formula is C19H25NO6S2. The fourth-order valence-corrected chi connectivity index (χ4v) is 4.52. The number of carbonyl (C=O) groups is 1. The van der Waals surface area contributed by atoms with Crippen LogP contribution in [0.4, 0.5) is 0 Å². The molecule has 0 aliphatic heterocycles. The van der Waals surface area contributed by atoms with Gasteiger partial charge in [0.2, 0.25) is 0 Å². The van der Waals surface area contributed by atoms with E-state index in [0.717, 1.165) is 6.26 Å². The van der Waals surface area contributed by atoms with E-state index >= 15 is 0 Å². The second-order valence-electron chi connectivity index (χ2n) is 8.29. The minimum absolute atomic E-state index is 0.00731. The molecule has 0 spiro atoms. The molecule has 0 N–H and O–H groups in total. The van der Waals surface area contributed by atoms with E-state index in [-0.39, 0.29) is 21.6 Å². The van der Waals surface area contributed by atoms with Crippen molar-refractivity contribution >= 4 is 25.5 Å². The van der Waals surface area contributed by atoms with Gasteiger partial charge in [-0.15, -0.1) is 0 Å². The number of nitrogens with zero attached hydrogens (tertiary/aromatic N) is 1. The van der Waals surface area contributed by atoms with Crippen LogP contribution in [0.2, 0.25) is 0 Å². The first-order valence-electron chi connectivity index (χ1n) is 8.61. The van der Waals surface area contributed by atoms with Gasteiger partial charge in [0, 0.05) is 17.7 Å². The first-order chi connectivity index (χ1) is 12.6. The monoisotopic (exact) mass is 427 g/mol. The number of benzene rings is 1. The summed E-state index contributed by atoms with van der Waals surface area (Å²) in [6, 6.07) is 6.50. The van der Waals surface area contributed by atoms with Gasteiger partial charge in [0.1, 0.15) is 10.5 Å². The molecule has 2 aromatic rings. The third-order valence-electron chi connectivity index (χ3n) is 4.55. The van der Waals surface area contributed by atoms with Crippen molar-refractivity contribution in [1.29, 1.82) is 0 Å². The van der Waals surface area contributed by atoms with Crippen molar-refractivity contribution in [2.75, 3.05) is 6.26 Å². The smallest absolute Gasteiger partial charge is 0.190 e. The number of aromatic nitrogens is 1. The normalized spacial score (nSPS) is 13.5. The van der Waals surface area contributed by atoms with Crippen molar-refractivity contribution in [3.05, 3.63) is 41.8 Å². The van der Waals surface area contributed by atoms with Gasteiger partial charge < -0.3 is 4.52 Å². The summed E-state index contributed by atoms with van der Waals surface area (Å²) in [5, 5.41) is 3.87. The predicted molar refractivity (Wildman–Crippen MR) is 105 cm³/mol. The molecule has 1 aromatic heterocycles. The molecule has 7 nitrogen and oxygen atoms in total. The SMILES string of the molecule is CC(C)(C)c1cc(CC(=O)C(C)(C)S(=O)(=O)c2ccc(S(C)(=O)=O)cc2)no1. The number of sulfone groups is 2. The van der Waals surface area contributed by atoms with Crippen LogP contribution >= 0.6 is 0 Å². The molecule has 0 saturated heterocycles. The third-order valence-corrected chi connectivity index (χ3v) is 8.14. The highest BCUT2D eigenvalue weighted by atomic mass is 32.2. The number of rotatable bonds is 6. The van der Waals surface area contributed by atoms with Gasteiger partial charge in [-0.05, 0) is 38.1 Å². The molecule has 0 atom stereocenters. The zero-order valence-corrected chi connectivity index (χ0v) is 18.4. The molecular weight excluding hydrogens is 402 g/mol. The van der Waals surface area contributed by atoms with Gasteiger partial charge in [-0.1, -0.05) is 25.9 Å². The first kappa shape index (κ1) is 22.3. The Morgan fingerprint density at radius 3 is 1.89 bits per heavy atom. The Hall–Kier alpha value is -2.00. The van der Waals surface area contributed by atoms with E-state index in [9.17, 15) is 21.6 Å². The minimum atomic E-state index is -4.04. The maximum Gasteiger partial charge on any atom is 0.190 e. The Bertz CT molecular complexity index is 1090. The van der Waals surface area contributed by atoms with E-state index in [2.05, 4.69) is 5.16 Å². The summed E-state index contributed by atoms with van der Waals surface area (Å²) in [5.74, 6) is 0.0702. The zero-order valence-electron chi connectivity index (χ0n) is 16.8. The lowest BCUT2D eigenvalue weighted by Crippen LogP contribution is -2.41. The first-order valence-corrected chi connectivity index (χ1v) is 12.0. The fourth-order valence-electron chi connectivity index (χ4n) is 2.44. The molecule has 0 radical (unpaired) electrons. The lowest BCUT2D eigenvalue weighted by Gasteiger charge is -2.23. The van der Waals surface area contributed by atoms with Crippen LogP contribution in [0, 0.1) is 0 Å². The second kappa shape index (κ2) is 7.11. The van der Waals surface area contributed by atoms with Crippen molar-refractivity contribution in [3.63, 3.8) is 0 Å². The Balaban J connectivity index is 2.31. The quantitative estimate of drug-likeness (QED) is 0.697. The molecule has 0 unspecified atom stereocenters. The van der Waals surface area contributed by atoms with Gasteiger partial charge in [0.15, 0.2) is 25.5 Å². The van der Waals surface area contributed by atoms with Crippen LogP contribution in [0.3, 0.4) is 0 Å². The molecule has 0 bridgehead atoms. The van der Waals surface area contributed by atoms with E-state index in [1.54, 1.807) is 6.07 Å². The number of hydrogen-bond donors (Lipinski definition) is 0. The van der Waals surface area contributed by atoms with Gasteiger partial charge in [0.25, 0.3) is 0 Å². The molecule has 9 heteroatoms. The molecule has 0 saturated carbocycles. The minimum Gasteiger partial charge on any atom is -0.361 e. The molecule has 0 amide bonds. The van der Waals surface area contributed by atoms with Crippen LogP contribution < -0.4 is 0 Å². The number of carbonyl (C=O) groups excluding carboxylic acids is 1. The van der Waals surface area contributed by atoms with Crippen LogP contribution in [0.25, 0.3) is 0 Å². The maximum atomic E-state index is 13.0. The molecule has 0 fully saturated rings. The Kier molecular flexibility index (Phi) is 5.66. The van der Waals surface area contributed by atoms with Gasteiger partial charge in [-0.2, -0.15) is 0 Å². The Labute approximate surface area is 166 Å². The van der Waals surface area contributed by atoms with Gasteiger partial charge in [-0.3, -0.25) is 4.79 Å². The van der Waals surface area contributed by atoms with Gasteiger partial charge in [0.05, 0.1) is 21.9 Å². The average Bonchev–Trinajstić information content (AvgIpc) is 3.02. The zero-order chi connectivity index (χ0) is 21.5. The summed E-state index contributed by atoms with van der Waals surface area (Å²) < 4.78 is 52.6. The Morgan fingerprint density at radius 1 is 0.964 bits per heavy atom. The fraction of sp³-hybridized carbons (Fsp3) is 0.474. The lowest BCUT2D eigenvalue weighted by molar-refractivity contribution is -0.120. The van der Waals surface area contributed by atoms with Crippen molar-refractivity contribution in [3.8, 4) is 0 Å². The van der Waals surface area contributed by atoms with E-state index in [4.69, 9.17) is 4.52 Å². The highest BCUT2D eigenvalue weighted by Gasteiger charge is 2.42. The highest BCUT2D eigenvalue weighted by Crippen LogP contribution is 2.29. The summed E-state index contributed by atoms with van der Waals surface area (Å²) in [5.41, 5.74) is 0.0858. The van der Waals surface area contributed by atoms with E-state index in [0.29, 0.717) is 11.5 Å². The molecule has 28 heavy (non-hydrogen) atoms. The van der Waals surface area contributed by atoms with Crippen LogP contribution in [-0.2, 0) is 36.3 Å².